The van der Waals surface area contributed by atoms with Crippen molar-refractivity contribution in [3.05, 3.63) is 23.8 Å². The summed E-state index contributed by atoms with van der Waals surface area (Å²) in [6, 6.07) is 1.82. The van der Waals surface area contributed by atoms with Gasteiger partial charge >= 0.3 is 0 Å². The van der Waals surface area contributed by atoms with Gasteiger partial charge in [0.05, 0.1) is 6.20 Å². The average molecular weight is 266 g/mol. The normalized spacial score (nSPS) is 11.2. The van der Waals surface area contributed by atoms with E-state index in [1.807, 2.05) is 6.07 Å². The maximum absolute atomic E-state index is 12.0. The Bertz CT molecular complexity index is 701. The van der Waals surface area contributed by atoms with E-state index in [1.165, 1.54) is 12.4 Å². The molecule has 8 nitrogen and oxygen atoms in total. The molecule has 0 atom stereocenters. The van der Waals surface area contributed by atoms with Crippen molar-refractivity contribution >= 4 is 15.8 Å². The van der Waals surface area contributed by atoms with Crippen LogP contribution in [-0.2, 0) is 17.1 Å². The van der Waals surface area contributed by atoms with Crippen LogP contribution in [0.15, 0.2) is 17.4 Å². The SMILES string of the molecule is Cc1nc(S(=O)(=O)Nc2[nH]ncc2C#N)cn1C. The van der Waals surface area contributed by atoms with E-state index in [-0.39, 0.29) is 16.4 Å². The number of nitrogens with one attached hydrogen (secondary N) is 2. The lowest BCUT2D eigenvalue weighted by Crippen LogP contribution is -2.14. The second-order valence-electron chi connectivity index (χ2n) is 3.61. The van der Waals surface area contributed by atoms with Crippen LogP contribution in [0.2, 0.25) is 0 Å². The molecule has 2 N–H and O–H groups in total. The van der Waals surface area contributed by atoms with Crippen molar-refractivity contribution in [3.8, 4) is 6.07 Å². The summed E-state index contributed by atoms with van der Waals surface area (Å²) >= 11 is 0. The minimum atomic E-state index is -3.82. The Morgan fingerprint density at radius 1 is 1.56 bits per heavy atom. The standard InChI is InChI=1S/C9H10N6O2S/c1-6-12-8(5-15(6)2)18(16,17)14-9-7(3-10)4-11-13-9/h4-5H,1-2H3,(H2,11,13,14). The van der Waals surface area contributed by atoms with Crippen molar-refractivity contribution in [3.63, 3.8) is 0 Å². The molecule has 9 heteroatoms. The molecule has 2 heterocycles. The summed E-state index contributed by atoms with van der Waals surface area (Å²) in [5.74, 6) is 0.598. The van der Waals surface area contributed by atoms with Gasteiger partial charge in [-0.2, -0.15) is 18.8 Å². The van der Waals surface area contributed by atoms with Crippen LogP contribution in [0.5, 0.6) is 0 Å². The summed E-state index contributed by atoms with van der Waals surface area (Å²) < 4.78 is 27.8. The predicted molar refractivity (Wildman–Crippen MR) is 62.1 cm³/mol. The molecule has 0 saturated carbocycles. The van der Waals surface area contributed by atoms with Crippen molar-refractivity contribution in [2.24, 2.45) is 7.05 Å². The molecule has 0 amide bonds. The lowest BCUT2D eigenvalue weighted by Gasteiger charge is -2.02. The number of nitrogens with zero attached hydrogens (tertiary/aromatic N) is 4. The van der Waals surface area contributed by atoms with E-state index in [0.29, 0.717) is 5.82 Å². The number of hydrogen-bond donors (Lipinski definition) is 2. The number of rotatable bonds is 3. The fourth-order valence-corrected chi connectivity index (χ4v) is 2.37. The molecule has 0 fully saturated rings. The first-order chi connectivity index (χ1) is 8.44. The van der Waals surface area contributed by atoms with Crippen molar-refractivity contribution < 1.29 is 8.42 Å². The highest BCUT2D eigenvalue weighted by atomic mass is 32.2. The van der Waals surface area contributed by atoms with Gasteiger partial charge < -0.3 is 4.57 Å². The first-order valence-electron chi connectivity index (χ1n) is 4.90. The summed E-state index contributed by atoms with van der Waals surface area (Å²) in [6.45, 7) is 1.69. The third-order valence-electron chi connectivity index (χ3n) is 2.36. The Balaban J connectivity index is 2.36. The molecule has 0 aromatic carbocycles. The highest BCUT2D eigenvalue weighted by molar-refractivity contribution is 7.92. The molecule has 2 aromatic heterocycles. The molecule has 0 aliphatic carbocycles. The van der Waals surface area contributed by atoms with Crippen LogP contribution in [0.3, 0.4) is 0 Å². The lowest BCUT2D eigenvalue weighted by molar-refractivity contribution is 0.597. The molecular weight excluding hydrogens is 256 g/mol. The van der Waals surface area contributed by atoms with Gasteiger partial charge in [0.2, 0.25) is 0 Å². The summed E-state index contributed by atoms with van der Waals surface area (Å²) in [5, 5.41) is 14.6. The molecule has 0 aliphatic heterocycles. The van der Waals surface area contributed by atoms with Crippen molar-refractivity contribution in [1.82, 2.24) is 19.7 Å². The Morgan fingerprint density at radius 2 is 2.28 bits per heavy atom. The van der Waals surface area contributed by atoms with Gasteiger partial charge in [0.15, 0.2) is 10.8 Å². The second-order valence-corrected chi connectivity index (χ2v) is 5.24. The smallest absolute Gasteiger partial charge is 0.282 e. The lowest BCUT2D eigenvalue weighted by atomic mass is 10.4. The maximum Gasteiger partial charge on any atom is 0.282 e. The minimum absolute atomic E-state index is 0.0285. The number of sulfonamides is 1. The van der Waals surface area contributed by atoms with Gasteiger partial charge in [-0.25, -0.2) is 4.98 Å². The number of imidazole rings is 1. The van der Waals surface area contributed by atoms with Crippen LogP contribution in [-0.4, -0.2) is 28.2 Å². The average Bonchev–Trinajstić information content (AvgIpc) is 2.86. The molecule has 0 unspecified atom stereocenters. The Kier molecular flexibility index (Phi) is 2.80. The number of anilines is 1. The van der Waals surface area contributed by atoms with Gasteiger partial charge in [-0.1, -0.05) is 0 Å². The van der Waals surface area contributed by atoms with Gasteiger partial charge in [0, 0.05) is 13.2 Å². The fourth-order valence-electron chi connectivity index (χ4n) is 1.29. The van der Waals surface area contributed by atoms with E-state index in [1.54, 1.807) is 18.5 Å². The van der Waals surface area contributed by atoms with Gasteiger partial charge in [-0.05, 0) is 6.92 Å². The maximum atomic E-state index is 12.0. The minimum Gasteiger partial charge on any atom is -0.337 e. The predicted octanol–water partition coefficient (Wildman–Crippen LogP) is 0.124. The van der Waals surface area contributed by atoms with Gasteiger partial charge in [-0.3, -0.25) is 9.82 Å². The number of aromatic nitrogens is 4. The van der Waals surface area contributed by atoms with Crippen LogP contribution < -0.4 is 4.72 Å². The first kappa shape index (κ1) is 12.1. The summed E-state index contributed by atoms with van der Waals surface area (Å²) in [6.07, 6.45) is 2.63. The Hall–Kier alpha value is -2.34. The third kappa shape index (κ3) is 2.05. The molecule has 0 spiro atoms. The number of nitriles is 1. The number of H-pyrrole nitrogens is 1. The zero-order valence-electron chi connectivity index (χ0n) is 9.67. The van der Waals surface area contributed by atoms with Gasteiger partial charge in [0.25, 0.3) is 10.0 Å². The second kappa shape index (κ2) is 4.15. The molecule has 94 valence electrons. The van der Waals surface area contributed by atoms with E-state index in [2.05, 4.69) is 19.9 Å². The first-order valence-corrected chi connectivity index (χ1v) is 6.38. The Morgan fingerprint density at radius 3 is 2.83 bits per heavy atom. The largest absolute Gasteiger partial charge is 0.337 e. The van der Waals surface area contributed by atoms with Crippen molar-refractivity contribution in [1.29, 1.82) is 5.26 Å². The summed E-state index contributed by atoms with van der Waals surface area (Å²) in [4.78, 5) is 3.91. The summed E-state index contributed by atoms with van der Waals surface area (Å²) in [5.41, 5.74) is 0.117. The van der Waals surface area contributed by atoms with Crippen LogP contribution in [0.1, 0.15) is 11.4 Å². The molecule has 18 heavy (non-hydrogen) atoms. The van der Waals surface area contributed by atoms with E-state index >= 15 is 0 Å². The number of aromatic amines is 1. The quantitative estimate of drug-likeness (QED) is 0.818. The molecule has 0 aliphatic rings. The fraction of sp³-hybridized carbons (Fsp3) is 0.222. The van der Waals surface area contributed by atoms with Crippen LogP contribution in [0, 0.1) is 18.3 Å². The zero-order valence-corrected chi connectivity index (χ0v) is 10.5. The molecule has 0 bridgehead atoms. The van der Waals surface area contributed by atoms with Crippen LogP contribution >= 0.6 is 0 Å². The molecule has 0 radical (unpaired) electrons. The van der Waals surface area contributed by atoms with Crippen molar-refractivity contribution in [2.75, 3.05) is 4.72 Å². The molecule has 0 saturated heterocycles. The monoisotopic (exact) mass is 266 g/mol. The number of aryl methyl sites for hydroxylation is 2. The van der Waals surface area contributed by atoms with E-state index in [4.69, 9.17) is 5.26 Å². The van der Waals surface area contributed by atoms with E-state index in [9.17, 15) is 8.42 Å². The number of hydrogen-bond acceptors (Lipinski definition) is 5. The van der Waals surface area contributed by atoms with Gasteiger partial charge in [-0.15, -0.1) is 0 Å². The third-order valence-corrected chi connectivity index (χ3v) is 3.58. The highest BCUT2D eigenvalue weighted by Gasteiger charge is 2.20. The molecule has 2 rings (SSSR count). The molecular formula is C9H10N6O2S. The van der Waals surface area contributed by atoms with E-state index in [0.717, 1.165) is 0 Å². The van der Waals surface area contributed by atoms with E-state index < -0.39 is 10.0 Å². The van der Waals surface area contributed by atoms with Crippen LogP contribution in [0.25, 0.3) is 0 Å². The zero-order chi connectivity index (χ0) is 13.3. The topological polar surface area (TPSA) is 116 Å². The summed E-state index contributed by atoms with van der Waals surface area (Å²) in [7, 11) is -2.13. The highest BCUT2D eigenvalue weighted by Crippen LogP contribution is 2.16. The van der Waals surface area contributed by atoms with Crippen LogP contribution in [0.4, 0.5) is 5.82 Å². The van der Waals surface area contributed by atoms with Gasteiger partial charge in [0.1, 0.15) is 17.5 Å². The molecule has 2 aromatic rings. The van der Waals surface area contributed by atoms with Crippen molar-refractivity contribution in [2.45, 2.75) is 11.9 Å². The Labute approximate surface area is 103 Å².